The standard InChI is InChI=1S/C27H30F4N6O/c1-2-38-18-12-21(28)20(22(29)13-18)15-34-23-7-4-3-6-19(23)24(32)26-35-14-17(25(33)36-26)8-11-37-10-5-9-27(30,31)16-37/h3-4,6-7,12-14,32,34H,2,5,8-11,15-16H2,1H3,(H2,33,35,36). The van der Waals surface area contributed by atoms with E-state index in [1.165, 1.54) is 6.20 Å². The molecule has 4 N–H and O–H groups in total. The number of halogens is 4. The quantitative estimate of drug-likeness (QED) is 0.251. The molecule has 0 aliphatic carbocycles. The number of hydrogen-bond donors (Lipinski definition) is 3. The van der Waals surface area contributed by atoms with E-state index in [4.69, 9.17) is 15.9 Å². The van der Waals surface area contributed by atoms with Crippen LogP contribution in [0.3, 0.4) is 0 Å². The average Bonchev–Trinajstić information content (AvgIpc) is 2.87. The number of hydrogen-bond acceptors (Lipinski definition) is 7. The highest BCUT2D eigenvalue weighted by atomic mass is 19.3. The lowest BCUT2D eigenvalue weighted by molar-refractivity contribution is -0.0635. The lowest BCUT2D eigenvalue weighted by Crippen LogP contribution is -2.43. The van der Waals surface area contributed by atoms with Crippen LogP contribution in [0, 0.1) is 17.0 Å². The van der Waals surface area contributed by atoms with Crippen LogP contribution < -0.4 is 15.8 Å². The second kappa shape index (κ2) is 11.8. The minimum atomic E-state index is -2.68. The van der Waals surface area contributed by atoms with Gasteiger partial charge in [0.25, 0.3) is 5.92 Å². The van der Waals surface area contributed by atoms with E-state index in [1.54, 1.807) is 36.1 Å². The summed E-state index contributed by atoms with van der Waals surface area (Å²) in [5, 5.41) is 11.6. The molecule has 3 aromatic rings. The molecule has 1 fully saturated rings. The number of nitrogens with zero attached hydrogens (tertiary/aromatic N) is 3. The highest BCUT2D eigenvalue weighted by Gasteiger charge is 2.34. The normalized spacial score (nSPS) is 15.3. The molecule has 2 aromatic carbocycles. The van der Waals surface area contributed by atoms with E-state index in [9.17, 15) is 17.6 Å². The molecule has 0 spiro atoms. The fourth-order valence-corrected chi connectivity index (χ4v) is 4.41. The van der Waals surface area contributed by atoms with Crippen molar-refractivity contribution in [1.29, 1.82) is 5.41 Å². The minimum Gasteiger partial charge on any atom is -0.494 e. The molecule has 0 unspecified atom stereocenters. The van der Waals surface area contributed by atoms with Crippen LogP contribution in [0.5, 0.6) is 5.75 Å². The third-order valence-corrected chi connectivity index (χ3v) is 6.37. The number of nitrogens with two attached hydrogens (primary N) is 1. The Hall–Kier alpha value is -3.73. The molecule has 38 heavy (non-hydrogen) atoms. The Kier molecular flexibility index (Phi) is 8.45. The third kappa shape index (κ3) is 6.58. The van der Waals surface area contributed by atoms with Crippen LogP contribution >= 0.6 is 0 Å². The summed E-state index contributed by atoms with van der Waals surface area (Å²) in [4.78, 5) is 10.3. The van der Waals surface area contributed by atoms with Crippen LogP contribution in [0.2, 0.25) is 0 Å². The van der Waals surface area contributed by atoms with Crippen molar-refractivity contribution < 1.29 is 22.3 Å². The maximum absolute atomic E-state index is 14.5. The van der Waals surface area contributed by atoms with Crippen LogP contribution in [0.25, 0.3) is 0 Å². The first-order valence-electron chi connectivity index (χ1n) is 12.4. The van der Waals surface area contributed by atoms with E-state index in [-0.39, 0.29) is 54.8 Å². The maximum atomic E-state index is 14.5. The zero-order valence-corrected chi connectivity index (χ0v) is 21.0. The summed E-state index contributed by atoms with van der Waals surface area (Å²) in [7, 11) is 0. The number of ether oxygens (including phenoxy) is 1. The van der Waals surface area contributed by atoms with Gasteiger partial charge < -0.3 is 15.8 Å². The molecule has 1 aliphatic heterocycles. The molecule has 1 aliphatic rings. The average molecular weight is 531 g/mol. The topological polar surface area (TPSA) is 100 Å². The number of piperidine rings is 1. The largest absolute Gasteiger partial charge is 0.494 e. The molecule has 0 amide bonds. The Bertz CT molecular complexity index is 1280. The Morgan fingerprint density at radius 2 is 1.95 bits per heavy atom. The summed E-state index contributed by atoms with van der Waals surface area (Å²) in [6.45, 7) is 2.59. The number of benzene rings is 2. The van der Waals surface area contributed by atoms with Crippen molar-refractivity contribution in [1.82, 2.24) is 14.9 Å². The molecule has 202 valence electrons. The summed E-state index contributed by atoms with van der Waals surface area (Å²) >= 11 is 0. The molecule has 0 saturated carbocycles. The highest BCUT2D eigenvalue weighted by molar-refractivity contribution is 6.12. The highest BCUT2D eigenvalue weighted by Crippen LogP contribution is 2.27. The molecular weight excluding hydrogens is 500 g/mol. The Morgan fingerprint density at radius 1 is 1.21 bits per heavy atom. The number of nitrogens with one attached hydrogen (secondary N) is 2. The van der Waals surface area contributed by atoms with E-state index >= 15 is 0 Å². The van der Waals surface area contributed by atoms with Gasteiger partial charge in [0.2, 0.25) is 0 Å². The van der Waals surface area contributed by atoms with Crippen molar-refractivity contribution in [3.63, 3.8) is 0 Å². The van der Waals surface area contributed by atoms with Crippen molar-refractivity contribution in [2.75, 3.05) is 37.3 Å². The molecule has 1 aromatic heterocycles. The monoisotopic (exact) mass is 530 g/mol. The predicted molar refractivity (Wildman–Crippen MR) is 138 cm³/mol. The molecule has 11 heteroatoms. The van der Waals surface area contributed by atoms with Crippen LogP contribution in [-0.4, -0.2) is 52.7 Å². The zero-order chi connectivity index (χ0) is 27.3. The smallest absolute Gasteiger partial charge is 0.260 e. The van der Waals surface area contributed by atoms with Gasteiger partial charge in [-0.15, -0.1) is 0 Å². The van der Waals surface area contributed by atoms with Crippen molar-refractivity contribution >= 4 is 17.2 Å². The van der Waals surface area contributed by atoms with Crippen LogP contribution in [0.15, 0.2) is 42.6 Å². The molecule has 0 atom stereocenters. The van der Waals surface area contributed by atoms with E-state index in [0.29, 0.717) is 42.7 Å². The van der Waals surface area contributed by atoms with Crippen LogP contribution in [-0.2, 0) is 13.0 Å². The lowest BCUT2D eigenvalue weighted by atomic mass is 10.1. The number of alkyl halides is 2. The van der Waals surface area contributed by atoms with E-state index < -0.39 is 17.6 Å². The first kappa shape index (κ1) is 27.3. The van der Waals surface area contributed by atoms with Gasteiger partial charge in [-0.1, -0.05) is 18.2 Å². The number of anilines is 2. The Morgan fingerprint density at radius 3 is 2.63 bits per heavy atom. The maximum Gasteiger partial charge on any atom is 0.260 e. The van der Waals surface area contributed by atoms with Crippen LogP contribution in [0.1, 0.15) is 42.3 Å². The van der Waals surface area contributed by atoms with Gasteiger partial charge in [-0.3, -0.25) is 10.3 Å². The summed E-state index contributed by atoms with van der Waals surface area (Å²) in [6, 6.07) is 9.06. The van der Waals surface area contributed by atoms with E-state index in [0.717, 1.165) is 12.1 Å². The second-order valence-electron chi connectivity index (χ2n) is 9.16. The van der Waals surface area contributed by atoms with E-state index in [1.807, 2.05) is 0 Å². The van der Waals surface area contributed by atoms with E-state index in [2.05, 4.69) is 15.3 Å². The number of aromatic nitrogens is 2. The predicted octanol–water partition coefficient (Wildman–Crippen LogP) is 5.04. The SMILES string of the molecule is CCOc1cc(F)c(CNc2ccccc2C(=N)c2ncc(CCN3CCCC(F)(F)C3)c(N)n2)c(F)c1. The van der Waals surface area contributed by atoms with Crippen molar-refractivity contribution in [3.05, 3.63) is 76.7 Å². The molecule has 0 bridgehead atoms. The second-order valence-corrected chi connectivity index (χ2v) is 9.16. The van der Waals surface area contributed by atoms with Crippen LogP contribution in [0.4, 0.5) is 29.1 Å². The summed E-state index contributed by atoms with van der Waals surface area (Å²) in [6.07, 6.45) is 2.27. The summed E-state index contributed by atoms with van der Waals surface area (Å²) in [5.74, 6) is -3.80. The Labute approximate surface area is 218 Å². The van der Waals surface area contributed by atoms with Gasteiger partial charge in [-0.2, -0.15) is 0 Å². The molecule has 1 saturated heterocycles. The molecule has 0 radical (unpaired) electrons. The van der Waals surface area contributed by atoms with Gasteiger partial charge in [0.15, 0.2) is 5.82 Å². The number of para-hydroxylation sites is 1. The number of nitrogen functional groups attached to an aromatic ring is 1. The lowest BCUT2D eigenvalue weighted by Gasteiger charge is -2.32. The fraction of sp³-hybridized carbons (Fsp3) is 0.370. The molecule has 2 heterocycles. The van der Waals surface area contributed by atoms with Crippen molar-refractivity contribution in [2.24, 2.45) is 0 Å². The summed E-state index contributed by atoms with van der Waals surface area (Å²) in [5.41, 5.74) is 7.42. The molecule has 4 rings (SSSR count). The van der Waals surface area contributed by atoms with Gasteiger partial charge in [0.1, 0.15) is 28.9 Å². The number of rotatable bonds is 10. The summed E-state index contributed by atoms with van der Waals surface area (Å²) < 4.78 is 61.5. The van der Waals surface area contributed by atoms with Gasteiger partial charge in [-0.05, 0) is 32.4 Å². The molecule has 7 nitrogen and oxygen atoms in total. The number of likely N-dealkylation sites (tertiary alicyclic amines) is 1. The Balaban J connectivity index is 1.45. The van der Waals surface area contributed by atoms with Crippen molar-refractivity contribution in [3.8, 4) is 5.75 Å². The minimum absolute atomic E-state index is 0.0327. The zero-order valence-electron chi connectivity index (χ0n) is 21.0. The van der Waals surface area contributed by atoms with Gasteiger partial charge >= 0.3 is 0 Å². The van der Waals surface area contributed by atoms with Gasteiger partial charge in [0.05, 0.1) is 13.2 Å². The van der Waals surface area contributed by atoms with Gasteiger partial charge in [0, 0.05) is 60.2 Å². The van der Waals surface area contributed by atoms with Gasteiger partial charge in [-0.25, -0.2) is 27.5 Å². The molecular formula is C27H30F4N6O. The fourth-order valence-electron chi connectivity index (χ4n) is 4.41. The third-order valence-electron chi connectivity index (χ3n) is 6.37. The van der Waals surface area contributed by atoms with Crippen molar-refractivity contribution in [2.45, 2.75) is 38.7 Å². The first-order valence-corrected chi connectivity index (χ1v) is 12.4. The first-order chi connectivity index (χ1) is 18.2.